The summed E-state index contributed by atoms with van der Waals surface area (Å²) in [5.74, 6) is -1.09. The molecule has 0 spiro atoms. The Morgan fingerprint density at radius 3 is 2.26 bits per heavy atom. The van der Waals surface area contributed by atoms with Gasteiger partial charge in [0.2, 0.25) is 0 Å². The van der Waals surface area contributed by atoms with Crippen molar-refractivity contribution in [1.29, 1.82) is 0 Å². The molecule has 1 amide bonds. The lowest BCUT2D eigenvalue weighted by Crippen LogP contribution is -2.49. The zero-order valence-electron chi connectivity index (χ0n) is 16.6. The Labute approximate surface area is 188 Å². The highest BCUT2D eigenvalue weighted by Crippen LogP contribution is 2.44. The quantitative estimate of drug-likeness (QED) is 0.562. The van der Waals surface area contributed by atoms with Gasteiger partial charge in [-0.25, -0.2) is 9.59 Å². The molecule has 0 saturated carbocycles. The van der Waals surface area contributed by atoms with E-state index >= 15 is 0 Å². The van der Waals surface area contributed by atoms with Crippen molar-refractivity contribution in [3.63, 3.8) is 0 Å². The van der Waals surface area contributed by atoms with Crippen LogP contribution in [0.15, 0.2) is 71.2 Å². The summed E-state index contributed by atoms with van der Waals surface area (Å²) in [6.45, 7) is 0.378. The standard InChI is InChI=1S/C25H20BrNO4/c26-17-10-9-15-12-23(24(28)29)27(13-16(15)11-17)25(30)31-14-22-20-7-3-1-5-18(20)19-6-2-4-8-21(19)22/h1-11,22-23H,12-14H2,(H,28,29)/t23-/m1/s1. The molecule has 5 rings (SSSR count). The number of carbonyl (C=O) groups excluding carboxylic acids is 1. The molecule has 0 fully saturated rings. The van der Waals surface area contributed by atoms with Crippen LogP contribution in [0.2, 0.25) is 0 Å². The van der Waals surface area contributed by atoms with Crippen LogP contribution >= 0.6 is 15.9 Å². The van der Waals surface area contributed by atoms with Crippen LogP contribution in [0.1, 0.15) is 28.2 Å². The predicted molar refractivity (Wildman–Crippen MR) is 120 cm³/mol. The largest absolute Gasteiger partial charge is 0.480 e. The Morgan fingerprint density at radius 1 is 0.968 bits per heavy atom. The van der Waals surface area contributed by atoms with Gasteiger partial charge in [-0.05, 0) is 45.5 Å². The van der Waals surface area contributed by atoms with Crippen LogP contribution in [0.4, 0.5) is 4.79 Å². The van der Waals surface area contributed by atoms with E-state index in [9.17, 15) is 14.7 Å². The summed E-state index contributed by atoms with van der Waals surface area (Å²) in [7, 11) is 0. The third kappa shape index (κ3) is 3.51. The maximum Gasteiger partial charge on any atom is 0.410 e. The summed E-state index contributed by atoms with van der Waals surface area (Å²) >= 11 is 3.45. The molecule has 0 radical (unpaired) electrons. The second kappa shape index (κ2) is 7.85. The Hall–Kier alpha value is -3.12. The number of hydrogen-bond acceptors (Lipinski definition) is 3. The van der Waals surface area contributed by atoms with Gasteiger partial charge in [0.05, 0.1) is 6.54 Å². The molecule has 2 aliphatic rings. The fourth-order valence-corrected chi connectivity index (χ4v) is 5.05. The Kier molecular flexibility index (Phi) is 5.02. The lowest BCUT2D eigenvalue weighted by molar-refractivity contribution is -0.143. The Balaban J connectivity index is 1.38. The summed E-state index contributed by atoms with van der Waals surface area (Å²) in [5.41, 5.74) is 6.43. The van der Waals surface area contributed by atoms with Gasteiger partial charge < -0.3 is 9.84 Å². The van der Waals surface area contributed by atoms with E-state index in [4.69, 9.17) is 4.74 Å². The van der Waals surface area contributed by atoms with E-state index in [0.29, 0.717) is 0 Å². The van der Waals surface area contributed by atoms with E-state index < -0.39 is 18.1 Å². The van der Waals surface area contributed by atoms with E-state index in [0.717, 1.165) is 37.9 Å². The van der Waals surface area contributed by atoms with Crippen LogP contribution < -0.4 is 0 Å². The zero-order valence-corrected chi connectivity index (χ0v) is 18.2. The number of ether oxygens (including phenoxy) is 1. The fourth-order valence-electron chi connectivity index (χ4n) is 4.64. The van der Waals surface area contributed by atoms with E-state index in [2.05, 4.69) is 40.2 Å². The number of fused-ring (bicyclic) bond motifs is 4. The van der Waals surface area contributed by atoms with Crippen molar-refractivity contribution in [1.82, 2.24) is 4.90 Å². The van der Waals surface area contributed by atoms with Gasteiger partial charge in [0, 0.05) is 16.8 Å². The molecular weight excluding hydrogens is 458 g/mol. The van der Waals surface area contributed by atoms with Crippen molar-refractivity contribution in [2.24, 2.45) is 0 Å². The van der Waals surface area contributed by atoms with Gasteiger partial charge in [-0.2, -0.15) is 0 Å². The maximum absolute atomic E-state index is 13.0. The number of rotatable bonds is 3. The number of amides is 1. The van der Waals surface area contributed by atoms with Crippen LogP contribution in [0.25, 0.3) is 11.1 Å². The third-order valence-corrected chi connectivity index (χ3v) is 6.65. The average molecular weight is 478 g/mol. The highest BCUT2D eigenvalue weighted by atomic mass is 79.9. The molecule has 3 aromatic carbocycles. The molecular formula is C25H20BrNO4. The number of nitrogens with zero attached hydrogens (tertiary/aromatic N) is 1. The molecule has 6 heteroatoms. The molecule has 1 heterocycles. The molecule has 1 atom stereocenters. The van der Waals surface area contributed by atoms with Crippen molar-refractivity contribution in [2.75, 3.05) is 6.61 Å². The molecule has 0 aromatic heterocycles. The number of aliphatic carboxylic acids is 1. The number of carboxylic acid groups (broad SMARTS) is 1. The van der Waals surface area contributed by atoms with Crippen LogP contribution in [0, 0.1) is 0 Å². The lowest BCUT2D eigenvalue weighted by Gasteiger charge is -2.34. The van der Waals surface area contributed by atoms with E-state index in [1.54, 1.807) is 0 Å². The van der Waals surface area contributed by atoms with E-state index in [1.165, 1.54) is 4.90 Å². The molecule has 0 unspecified atom stereocenters. The molecule has 0 bridgehead atoms. The first kappa shape index (κ1) is 19.8. The Bertz CT molecular complexity index is 1150. The summed E-state index contributed by atoms with van der Waals surface area (Å²) in [6.07, 6.45) is -0.331. The first-order valence-electron chi connectivity index (χ1n) is 10.1. The molecule has 1 aliphatic heterocycles. The third-order valence-electron chi connectivity index (χ3n) is 6.15. The minimum Gasteiger partial charge on any atom is -0.480 e. The van der Waals surface area contributed by atoms with Crippen molar-refractivity contribution < 1.29 is 19.4 Å². The van der Waals surface area contributed by atoms with Gasteiger partial charge in [-0.1, -0.05) is 70.5 Å². The van der Waals surface area contributed by atoms with Gasteiger partial charge in [0.25, 0.3) is 0 Å². The van der Waals surface area contributed by atoms with Crippen LogP contribution in [0.5, 0.6) is 0 Å². The van der Waals surface area contributed by atoms with Gasteiger partial charge in [0.15, 0.2) is 0 Å². The maximum atomic E-state index is 13.0. The summed E-state index contributed by atoms with van der Waals surface area (Å²) in [6, 6.07) is 21.0. The number of halogens is 1. The SMILES string of the molecule is O=C(O)[C@H]1Cc2ccc(Br)cc2CN1C(=O)OCC1c2ccccc2-c2ccccc21. The molecule has 5 nitrogen and oxygen atoms in total. The molecule has 3 aromatic rings. The molecule has 156 valence electrons. The lowest BCUT2D eigenvalue weighted by atomic mass is 9.94. The smallest absolute Gasteiger partial charge is 0.410 e. The fraction of sp³-hybridized carbons (Fsp3) is 0.200. The van der Waals surface area contributed by atoms with Crippen LogP contribution in [-0.2, 0) is 22.5 Å². The zero-order chi connectivity index (χ0) is 21.5. The molecule has 0 saturated heterocycles. The molecule has 1 aliphatic carbocycles. The first-order valence-corrected chi connectivity index (χ1v) is 10.9. The minimum atomic E-state index is -1.03. The summed E-state index contributed by atoms with van der Waals surface area (Å²) in [5, 5.41) is 9.72. The minimum absolute atomic E-state index is 0.0640. The van der Waals surface area contributed by atoms with Crippen molar-refractivity contribution in [2.45, 2.75) is 24.9 Å². The monoisotopic (exact) mass is 477 g/mol. The van der Waals surface area contributed by atoms with Gasteiger partial charge in [-0.3, -0.25) is 4.90 Å². The highest BCUT2D eigenvalue weighted by molar-refractivity contribution is 9.10. The summed E-state index contributed by atoms with van der Waals surface area (Å²) < 4.78 is 6.61. The van der Waals surface area contributed by atoms with Crippen molar-refractivity contribution in [3.8, 4) is 11.1 Å². The number of carboxylic acids is 1. The van der Waals surface area contributed by atoms with Gasteiger partial charge >= 0.3 is 12.1 Å². The summed E-state index contributed by atoms with van der Waals surface area (Å²) in [4.78, 5) is 26.2. The number of carbonyl (C=O) groups is 2. The first-order chi connectivity index (χ1) is 15.0. The second-order valence-corrected chi connectivity index (χ2v) is 8.82. The topological polar surface area (TPSA) is 66.8 Å². The van der Waals surface area contributed by atoms with Crippen molar-refractivity contribution >= 4 is 28.0 Å². The number of hydrogen-bond donors (Lipinski definition) is 1. The average Bonchev–Trinajstić information content (AvgIpc) is 3.10. The van der Waals surface area contributed by atoms with Gasteiger partial charge in [-0.15, -0.1) is 0 Å². The highest BCUT2D eigenvalue weighted by Gasteiger charge is 2.37. The predicted octanol–water partition coefficient (Wildman–Crippen LogP) is 5.21. The second-order valence-electron chi connectivity index (χ2n) is 7.90. The van der Waals surface area contributed by atoms with E-state index in [-0.39, 0.29) is 25.5 Å². The van der Waals surface area contributed by atoms with Crippen LogP contribution in [-0.4, -0.2) is 34.7 Å². The molecule has 31 heavy (non-hydrogen) atoms. The normalized spacial score (nSPS) is 16.9. The number of benzene rings is 3. The van der Waals surface area contributed by atoms with E-state index in [1.807, 2.05) is 42.5 Å². The van der Waals surface area contributed by atoms with Gasteiger partial charge in [0.1, 0.15) is 12.6 Å². The van der Waals surface area contributed by atoms with Crippen molar-refractivity contribution in [3.05, 3.63) is 93.5 Å². The Morgan fingerprint density at radius 2 is 1.61 bits per heavy atom. The molecule has 1 N–H and O–H groups in total. The van der Waals surface area contributed by atoms with Crippen LogP contribution in [0.3, 0.4) is 0 Å².